The zero-order chi connectivity index (χ0) is 16.4. The number of rotatable bonds is 4. The van der Waals surface area contributed by atoms with Crippen molar-refractivity contribution in [2.75, 3.05) is 6.61 Å². The number of halogens is 1. The third-order valence-electron chi connectivity index (χ3n) is 3.38. The van der Waals surface area contributed by atoms with Gasteiger partial charge in [-0.2, -0.15) is 0 Å². The van der Waals surface area contributed by atoms with Crippen molar-refractivity contribution in [3.63, 3.8) is 0 Å². The first-order valence-corrected chi connectivity index (χ1v) is 8.96. The number of benzene rings is 1. The number of aryl methyl sites for hydroxylation is 1. The Balaban J connectivity index is 2.17. The SMILES string of the molecule is CCOC(=O)c1scc(-c2cc(C)cs2)c1-c1ccc(F)cc1. The molecule has 0 fully saturated rings. The second kappa shape index (κ2) is 6.64. The first kappa shape index (κ1) is 15.9. The largest absolute Gasteiger partial charge is 0.462 e. The predicted octanol–water partition coefficient (Wildman–Crippen LogP) is 5.77. The summed E-state index contributed by atoms with van der Waals surface area (Å²) >= 11 is 3.00. The molecule has 118 valence electrons. The molecular formula is C18H15FO2S2. The van der Waals surface area contributed by atoms with Gasteiger partial charge in [0.2, 0.25) is 0 Å². The summed E-state index contributed by atoms with van der Waals surface area (Å²) in [5.41, 5.74) is 3.80. The zero-order valence-electron chi connectivity index (χ0n) is 12.8. The molecule has 0 N–H and O–H groups in total. The van der Waals surface area contributed by atoms with E-state index in [2.05, 4.69) is 11.4 Å². The monoisotopic (exact) mass is 346 g/mol. The fourth-order valence-corrected chi connectivity index (χ4v) is 4.34. The molecule has 0 saturated heterocycles. The molecule has 23 heavy (non-hydrogen) atoms. The molecular weight excluding hydrogens is 331 g/mol. The predicted molar refractivity (Wildman–Crippen MR) is 93.7 cm³/mol. The van der Waals surface area contributed by atoms with Gasteiger partial charge in [-0.3, -0.25) is 0 Å². The summed E-state index contributed by atoms with van der Waals surface area (Å²) in [4.78, 5) is 13.9. The Bertz CT molecular complexity index is 831. The fourth-order valence-electron chi connectivity index (χ4n) is 2.36. The van der Waals surface area contributed by atoms with Crippen molar-refractivity contribution in [1.29, 1.82) is 0 Å². The maximum absolute atomic E-state index is 13.2. The fraction of sp³-hybridized carbons (Fsp3) is 0.167. The summed E-state index contributed by atoms with van der Waals surface area (Å²) in [6.07, 6.45) is 0. The van der Waals surface area contributed by atoms with Gasteiger partial charge in [0.25, 0.3) is 0 Å². The van der Waals surface area contributed by atoms with E-state index in [4.69, 9.17) is 4.74 Å². The lowest BCUT2D eigenvalue weighted by atomic mass is 10.0. The van der Waals surface area contributed by atoms with E-state index in [1.54, 1.807) is 30.4 Å². The van der Waals surface area contributed by atoms with Crippen LogP contribution in [0.15, 0.2) is 41.1 Å². The average molecular weight is 346 g/mol. The van der Waals surface area contributed by atoms with Crippen molar-refractivity contribution in [2.24, 2.45) is 0 Å². The van der Waals surface area contributed by atoms with E-state index in [-0.39, 0.29) is 11.8 Å². The quantitative estimate of drug-likeness (QED) is 0.561. The van der Waals surface area contributed by atoms with Gasteiger partial charge < -0.3 is 4.74 Å². The first-order chi connectivity index (χ1) is 11.1. The molecule has 0 unspecified atom stereocenters. The summed E-state index contributed by atoms with van der Waals surface area (Å²) in [7, 11) is 0. The van der Waals surface area contributed by atoms with Crippen LogP contribution in [0.4, 0.5) is 4.39 Å². The van der Waals surface area contributed by atoms with Gasteiger partial charge in [0, 0.05) is 21.4 Å². The summed E-state index contributed by atoms with van der Waals surface area (Å²) in [5.74, 6) is -0.633. The highest BCUT2D eigenvalue weighted by atomic mass is 32.1. The Morgan fingerprint density at radius 3 is 2.52 bits per heavy atom. The van der Waals surface area contributed by atoms with Crippen LogP contribution in [0.3, 0.4) is 0 Å². The number of hydrogen-bond acceptors (Lipinski definition) is 4. The Kier molecular flexibility index (Phi) is 4.59. The molecule has 0 radical (unpaired) electrons. The molecule has 0 aliphatic rings. The molecule has 1 aromatic carbocycles. The molecule has 3 rings (SSSR count). The van der Waals surface area contributed by atoms with Crippen LogP contribution in [-0.4, -0.2) is 12.6 Å². The number of hydrogen-bond donors (Lipinski definition) is 0. The third kappa shape index (κ3) is 3.21. The molecule has 0 aliphatic heterocycles. The zero-order valence-corrected chi connectivity index (χ0v) is 14.4. The van der Waals surface area contributed by atoms with Gasteiger partial charge >= 0.3 is 5.97 Å². The maximum atomic E-state index is 13.2. The van der Waals surface area contributed by atoms with E-state index in [1.165, 1.54) is 29.0 Å². The highest BCUT2D eigenvalue weighted by Gasteiger charge is 2.22. The van der Waals surface area contributed by atoms with Gasteiger partial charge in [0.15, 0.2) is 0 Å². The minimum Gasteiger partial charge on any atom is -0.462 e. The summed E-state index contributed by atoms with van der Waals surface area (Å²) in [6.45, 7) is 4.15. The molecule has 0 atom stereocenters. The Hall–Kier alpha value is -1.98. The number of esters is 1. The second-order valence-electron chi connectivity index (χ2n) is 5.07. The Morgan fingerprint density at radius 2 is 1.91 bits per heavy atom. The molecule has 0 spiro atoms. The van der Waals surface area contributed by atoms with Crippen molar-refractivity contribution in [2.45, 2.75) is 13.8 Å². The van der Waals surface area contributed by atoms with Gasteiger partial charge in [-0.15, -0.1) is 22.7 Å². The van der Waals surface area contributed by atoms with Gasteiger partial charge in [0.05, 0.1) is 6.61 Å². The van der Waals surface area contributed by atoms with Crippen molar-refractivity contribution in [1.82, 2.24) is 0 Å². The average Bonchev–Trinajstić information content (AvgIpc) is 3.14. The van der Waals surface area contributed by atoms with Crippen LogP contribution >= 0.6 is 22.7 Å². The van der Waals surface area contributed by atoms with Crippen LogP contribution in [0, 0.1) is 12.7 Å². The highest BCUT2D eigenvalue weighted by Crippen LogP contribution is 2.42. The molecule has 2 heterocycles. The molecule has 0 bridgehead atoms. The van der Waals surface area contributed by atoms with Gasteiger partial charge in [-0.1, -0.05) is 12.1 Å². The Labute approximate surface area is 142 Å². The minimum absolute atomic E-state index is 0.296. The molecule has 2 aromatic heterocycles. The van der Waals surface area contributed by atoms with Gasteiger partial charge in [0.1, 0.15) is 10.7 Å². The van der Waals surface area contributed by atoms with Gasteiger partial charge in [-0.25, -0.2) is 9.18 Å². The van der Waals surface area contributed by atoms with Crippen LogP contribution in [-0.2, 0) is 4.74 Å². The van der Waals surface area contributed by atoms with Crippen LogP contribution in [0.5, 0.6) is 0 Å². The minimum atomic E-state index is -0.337. The van der Waals surface area contributed by atoms with Crippen LogP contribution in [0.2, 0.25) is 0 Å². The number of ether oxygens (including phenoxy) is 1. The summed E-state index contributed by atoms with van der Waals surface area (Å²) < 4.78 is 18.4. The topological polar surface area (TPSA) is 26.3 Å². The molecule has 0 saturated carbocycles. The first-order valence-electron chi connectivity index (χ1n) is 7.20. The van der Waals surface area contributed by atoms with Crippen molar-refractivity contribution < 1.29 is 13.9 Å². The molecule has 0 amide bonds. The van der Waals surface area contributed by atoms with Crippen molar-refractivity contribution in [3.8, 4) is 21.6 Å². The molecule has 0 aliphatic carbocycles. The Morgan fingerprint density at radius 1 is 1.17 bits per heavy atom. The number of carbonyl (C=O) groups is 1. The van der Waals surface area contributed by atoms with Crippen LogP contribution < -0.4 is 0 Å². The van der Waals surface area contributed by atoms with Crippen LogP contribution in [0.1, 0.15) is 22.2 Å². The summed E-state index contributed by atoms with van der Waals surface area (Å²) in [6, 6.07) is 8.31. The normalized spacial score (nSPS) is 10.7. The lowest BCUT2D eigenvalue weighted by molar-refractivity contribution is 0.0533. The lowest BCUT2D eigenvalue weighted by Crippen LogP contribution is -2.03. The summed E-state index contributed by atoms with van der Waals surface area (Å²) in [5, 5.41) is 4.04. The number of thiophene rings is 2. The smallest absolute Gasteiger partial charge is 0.348 e. The second-order valence-corrected chi connectivity index (χ2v) is 6.86. The van der Waals surface area contributed by atoms with E-state index >= 15 is 0 Å². The molecule has 2 nitrogen and oxygen atoms in total. The third-order valence-corrected chi connectivity index (χ3v) is 5.42. The van der Waals surface area contributed by atoms with E-state index in [0.29, 0.717) is 11.5 Å². The van der Waals surface area contributed by atoms with E-state index in [9.17, 15) is 9.18 Å². The van der Waals surface area contributed by atoms with Crippen molar-refractivity contribution in [3.05, 3.63) is 57.3 Å². The van der Waals surface area contributed by atoms with Crippen LogP contribution in [0.25, 0.3) is 21.6 Å². The van der Waals surface area contributed by atoms with Crippen molar-refractivity contribution >= 4 is 28.6 Å². The standard InChI is InChI=1S/C18H15FO2S2/c1-3-21-18(20)17-16(12-4-6-13(19)7-5-12)14(10-23-17)15-8-11(2)9-22-15/h4-10H,3H2,1-2H3. The van der Waals surface area contributed by atoms with Gasteiger partial charge in [-0.05, 0) is 48.6 Å². The molecule has 3 aromatic rings. The van der Waals surface area contributed by atoms with E-state index in [1.807, 2.05) is 12.3 Å². The molecule has 5 heteroatoms. The number of carbonyl (C=O) groups excluding carboxylic acids is 1. The maximum Gasteiger partial charge on any atom is 0.348 e. The highest BCUT2D eigenvalue weighted by molar-refractivity contribution is 7.16. The lowest BCUT2D eigenvalue weighted by Gasteiger charge is -2.07. The van der Waals surface area contributed by atoms with E-state index in [0.717, 1.165) is 21.6 Å². The van der Waals surface area contributed by atoms with E-state index < -0.39 is 0 Å².